The average molecular weight is 393 g/mol. The molecule has 0 saturated carbocycles. The third-order valence-electron chi connectivity index (χ3n) is 5.33. The molecule has 1 saturated heterocycles. The summed E-state index contributed by atoms with van der Waals surface area (Å²) in [6.07, 6.45) is 5.17. The van der Waals surface area contributed by atoms with Crippen LogP contribution >= 0.6 is 0 Å². The number of amides is 1. The summed E-state index contributed by atoms with van der Waals surface area (Å²) in [5, 5.41) is 8.06. The van der Waals surface area contributed by atoms with Gasteiger partial charge in [0.1, 0.15) is 17.0 Å². The highest BCUT2D eigenvalue weighted by atomic mass is 16.5. The quantitative estimate of drug-likeness (QED) is 0.662. The molecular formula is C22H27N5O2. The molecule has 3 heterocycles. The minimum absolute atomic E-state index is 0.0103. The Hall–Kier alpha value is -2.96. The van der Waals surface area contributed by atoms with E-state index in [1.165, 1.54) is 6.42 Å². The summed E-state index contributed by atoms with van der Waals surface area (Å²) in [5.74, 6) is 1.53. The number of nitrogens with one attached hydrogen (secondary N) is 1. The monoisotopic (exact) mass is 393 g/mol. The molecule has 1 aliphatic heterocycles. The van der Waals surface area contributed by atoms with E-state index in [4.69, 9.17) is 9.51 Å². The standard InChI is InChI=1S/C22H27N5O2/c1-2-17-20-21(27-13-7-4-8-14-27)24-18(25-22(20)29-26-17)11-12-19(28)23-15-16-9-5-3-6-10-16/h3,5-6,9-10H,2,4,7-8,11-15H2,1H3,(H,23,28). The molecule has 0 bridgehead atoms. The van der Waals surface area contributed by atoms with Crippen molar-refractivity contribution < 1.29 is 9.32 Å². The van der Waals surface area contributed by atoms with Gasteiger partial charge in [0.05, 0.1) is 5.69 Å². The fraction of sp³-hybridized carbons (Fsp3) is 0.455. The number of carbonyl (C=O) groups is 1. The zero-order valence-electron chi connectivity index (χ0n) is 16.9. The maximum atomic E-state index is 12.3. The molecule has 4 rings (SSSR count). The van der Waals surface area contributed by atoms with E-state index in [0.717, 1.165) is 54.8 Å². The van der Waals surface area contributed by atoms with Crippen LogP contribution in [0.15, 0.2) is 34.9 Å². The van der Waals surface area contributed by atoms with Crippen LogP contribution in [0.4, 0.5) is 5.82 Å². The highest BCUT2D eigenvalue weighted by Crippen LogP contribution is 2.29. The Kier molecular flexibility index (Phi) is 6.03. The van der Waals surface area contributed by atoms with Crippen LogP contribution in [0.1, 0.15) is 49.7 Å². The predicted octanol–water partition coefficient (Wildman–Crippen LogP) is 3.42. The van der Waals surface area contributed by atoms with Gasteiger partial charge >= 0.3 is 0 Å². The summed E-state index contributed by atoms with van der Waals surface area (Å²) in [5.41, 5.74) is 2.50. The second-order valence-corrected chi connectivity index (χ2v) is 7.44. The number of benzene rings is 1. The normalized spacial score (nSPS) is 14.3. The summed E-state index contributed by atoms with van der Waals surface area (Å²) >= 11 is 0. The maximum absolute atomic E-state index is 12.3. The number of aromatic nitrogens is 3. The van der Waals surface area contributed by atoms with E-state index in [2.05, 4.69) is 27.3 Å². The summed E-state index contributed by atoms with van der Waals surface area (Å²) < 4.78 is 5.50. The van der Waals surface area contributed by atoms with Gasteiger partial charge in [0.15, 0.2) is 0 Å². The van der Waals surface area contributed by atoms with Crippen molar-refractivity contribution >= 4 is 22.8 Å². The first-order valence-corrected chi connectivity index (χ1v) is 10.5. The Balaban J connectivity index is 1.47. The number of nitrogens with zero attached hydrogens (tertiary/aromatic N) is 4. The van der Waals surface area contributed by atoms with Gasteiger partial charge in [-0.05, 0) is 31.2 Å². The van der Waals surface area contributed by atoms with Crippen LogP contribution in [0.5, 0.6) is 0 Å². The van der Waals surface area contributed by atoms with Crippen molar-refractivity contribution in [1.29, 1.82) is 0 Å². The van der Waals surface area contributed by atoms with E-state index in [9.17, 15) is 4.79 Å². The Morgan fingerprint density at radius 1 is 1.14 bits per heavy atom. The minimum atomic E-state index is -0.0103. The summed E-state index contributed by atoms with van der Waals surface area (Å²) in [4.78, 5) is 24.0. The van der Waals surface area contributed by atoms with Crippen LogP contribution in [0.3, 0.4) is 0 Å². The summed E-state index contributed by atoms with van der Waals surface area (Å²) in [6.45, 7) is 4.55. The number of anilines is 1. The number of carbonyl (C=O) groups excluding carboxylic acids is 1. The van der Waals surface area contributed by atoms with Gasteiger partial charge in [-0.3, -0.25) is 4.79 Å². The lowest BCUT2D eigenvalue weighted by Crippen LogP contribution is -2.31. The molecule has 1 fully saturated rings. The zero-order valence-corrected chi connectivity index (χ0v) is 16.9. The van der Waals surface area contributed by atoms with Crippen LogP contribution in [-0.4, -0.2) is 34.1 Å². The van der Waals surface area contributed by atoms with Crippen molar-refractivity contribution in [2.24, 2.45) is 0 Å². The van der Waals surface area contributed by atoms with Crippen LogP contribution < -0.4 is 10.2 Å². The Labute approximate surface area is 170 Å². The van der Waals surface area contributed by atoms with Gasteiger partial charge in [-0.15, -0.1) is 0 Å². The minimum Gasteiger partial charge on any atom is -0.356 e. The Morgan fingerprint density at radius 2 is 1.93 bits per heavy atom. The van der Waals surface area contributed by atoms with Crippen molar-refractivity contribution in [3.05, 3.63) is 47.4 Å². The maximum Gasteiger partial charge on any atom is 0.263 e. The van der Waals surface area contributed by atoms with Gasteiger partial charge in [0.25, 0.3) is 5.71 Å². The van der Waals surface area contributed by atoms with Crippen molar-refractivity contribution in [1.82, 2.24) is 20.4 Å². The van der Waals surface area contributed by atoms with Gasteiger partial charge in [0.2, 0.25) is 5.91 Å². The Morgan fingerprint density at radius 3 is 2.69 bits per heavy atom. The van der Waals surface area contributed by atoms with E-state index < -0.39 is 0 Å². The number of piperidine rings is 1. The van der Waals surface area contributed by atoms with Crippen LogP contribution in [0, 0.1) is 0 Å². The third-order valence-corrected chi connectivity index (χ3v) is 5.33. The lowest BCUT2D eigenvalue weighted by molar-refractivity contribution is -0.121. The third kappa shape index (κ3) is 4.55. The lowest BCUT2D eigenvalue weighted by Gasteiger charge is -2.28. The SMILES string of the molecule is CCc1noc2nc(CCC(=O)NCc3ccccc3)nc(N3CCCCC3)c12. The molecule has 1 aromatic carbocycles. The molecule has 0 atom stereocenters. The molecule has 2 aromatic heterocycles. The molecule has 1 amide bonds. The van der Waals surface area contributed by atoms with Gasteiger partial charge in [0, 0.05) is 32.5 Å². The molecule has 0 spiro atoms. The number of fused-ring (bicyclic) bond motifs is 1. The fourth-order valence-electron chi connectivity index (χ4n) is 3.73. The van der Waals surface area contributed by atoms with Gasteiger partial charge in [-0.1, -0.05) is 42.4 Å². The van der Waals surface area contributed by atoms with Gasteiger partial charge in [-0.2, -0.15) is 4.98 Å². The number of hydrogen-bond donors (Lipinski definition) is 1. The van der Waals surface area contributed by atoms with Crippen molar-refractivity contribution in [2.45, 2.75) is 52.0 Å². The predicted molar refractivity (Wildman–Crippen MR) is 112 cm³/mol. The van der Waals surface area contributed by atoms with Crippen LogP contribution in [0.2, 0.25) is 0 Å². The Bertz CT molecular complexity index is 964. The van der Waals surface area contributed by atoms with Gasteiger partial charge in [-0.25, -0.2) is 4.98 Å². The molecule has 1 aliphatic rings. The van der Waals surface area contributed by atoms with E-state index in [1.54, 1.807) is 0 Å². The summed E-state index contributed by atoms with van der Waals surface area (Å²) in [6, 6.07) is 9.89. The van der Waals surface area contributed by atoms with E-state index >= 15 is 0 Å². The van der Waals surface area contributed by atoms with Gasteiger partial charge < -0.3 is 14.7 Å². The molecule has 7 heteroatoms. The van der Waals surface area contributed by atoms with E-state index in [1.807, 2.05) is 30.3 Å². The second-order valence-electron chi connectivity index (χ2n) is 7.44. The molecule has 0 unspecified atom stereocenters. The van der Waals surface area contributed by atoms with Crippen molar-refractivity contribution in [3.8, 4) is 0 Å². The van der Waals surface area contributed by atoms with E-state index in [-0.39, 0.29) is 5.91 Å². The average Bonchev–Trinajstić information content (AvgIpc) is 3.20. The van der Waals surface area contributed by atoms with Crippen molar-refractivity contribution in [2.75, 3.05) is 18.0 Å². The summed E-state index contributed by atoms with van der Waals surface area (Å²) in [7, 11) is 0. The number of rotatable bonds is 7. The smallest absolute Gasteiger partial charge is 0.263 e. The molecule has 1 N–H and O–H groups in total. The van der Waals surface area contributed by atoms with Crippen LogP contribution in [0.25, 0.3) is 11.1 Å². The first kappa shape index (κ1) is 19.4. The first-order chi connectivity index (χ1) is 14.2. The van der Waals surface area contributed by atoms with Crippen molar-refractivity contribution in [3.63, 3.8) is 0 Å². The number of hydrogen-bond acceptors (Lipinski definition) is 6. The lowest BCUT2D eigenvalue weighted by atomic mass is 10.1. The molecule has 7 nitrogen and oxygen atoms in total. The topological polar surface area (TPSA) is 84.1 Å². The van der Waals surface area contributed by atoms with E-state index in [0.29, 0.717) is 30.9 Å². The largest absolute Gasteiger partial charge is 0.356 e. The molecule has 3 aromatic rings. The molecular weight excluding hydrogens is 366 g/mol. The molecule has 152 valence electrons. The highest BCUT2D eigenvalue weighted by molar-refractivity contribution is 5.88. The molecule has 0 radical (unpaired) electrons. The fourth-order valence-corrected chi connectivity index (χ4v) is 3.73. The van der Waals surface area contributed by atoms with Crippen LogP contribution in [-0.2, 0) is 24.2 Å². The first-order valence-electron chi connectivity index (χ1n) is 10.5. The second kappa shape index (κ2) is 9.03. The number of aryl methyl sites for hydroxylation is 2. The molecule has 0 aliphatic carbocycles. The molecule has 29 heavy (non-hydrogen) atoms. The zero-order chi connectivity index (χ0) is 20.1. The highest BCUT2D eigenvalue weighted by Gasteiger charge is 2.22.